The number of aromatic nitrogens is 4. The molecule has 0 aliphatic carbocycles. The summed E-state index contributed by atoms with van der Waals surface area (Å²) < 4.78 is 5.50. The van der Waals surface area contributed by atoms with E-state index in [1.54, 1.807) is 33.6 Å². The topological polar surface area (TPSA) is 110 Å². The summed E-state index contributed by atoms with van der Waals surface area (Å²) >= 11 is 0. The molecule has 3 N–H and O–H groups in total. The van der Waals surface area contributed by atoms with Crippen LogP contribution < -0.4 is 10.5 Å². The van der Waals surface area contributed by atoms with Gasteiger partial charge in [-0.15, -0.1) is 0 Å². The number of methoxy groups -OCH3 is 1. The molecule has 4 rings (SSSR count). The van der Waals surface area contributed by atoms with Gasteiger partial charge in [0.05, 0.1) is 19.0 Å². The number of aromatic amines is 1. The monoisotopic (exact) mass is 388 g/mol. The molecular weight excluding hydrogens is 368 g/mol. The molecule has 3 heterocycles. The van der Waals surface area contributed by atoms with Crippen molar-refractivity contribution >= 4 is 22.8 Å². The van der Waals surface area contributed by atoms with Gasteiger partial charge >= 0.3 is 0 Å². The van der Waals surface area contributed by atoms with Crippen LogP contribution in [0.15, 0.2) is 48.9 Å². The zero-order valence-electron chi connectivity index (χ0n) is 16.3. The lowest BCUT2D eigenvalue weighted by atomic mass is 10.0. The summed E-state index contributed by atoms with van der Waals surface area (Å²) in [6.45, 7) is 0. The Balaban J connectivity index is 1.85. The number of nitrogens with two attached hydrogens (primary N) is 1. The Labute approximate surface area is 167 Å². The van der Waals surface area contributed by atoms with E-state index in [-0.39, 0.29) is 17.4 Å². The van der Waals surface area contributed by atoms with Gasteiger partial charge in [-0.3, -0.25) is 4.79 Å². The zero-order chi connectivity index (χ0) is 20.5. The number of hydrogen-bond donors (Lipinski definition) is 2. The molecule has 0 saturated carbocycles. The lowest BCUT2D eigenvalue weighted by Crippen LogP contribution is -2.24. The molecule has 29 heavy (non-hydrogen) atoms. The van der Waals surface area contributed by atoms with Gasteiger partial charge < -0.3 is 20.4 Å². The highest BCUT2D eigenvalue weighted by molar-refractivity contribution is 5.98. The van der Waals surface area contributed by atoms with Gasteiger partial charge in [0.1, 0.15) is 11.4 Å². The van der Waals surface area contributed by atoms with Gasteiger partial charge in [-0.25, -0.2) is 15.0 Å². The van der Waals surface area contributed by atoms with Gasteiger partial charge in [0.25, 0.3) is 5.91 Å². The van der Waals surface area contributed by atoms with E-state index < -0.39 is 0 Å². The van der Waals surface area contributed by atoms with Gasteiger partial charge in [-0.2, -0.15) is 0 Å². The summed E-state index contributed by atoms with van der Waals surface area (Å²) in [4.78, 5) is 30.0. The maximum absolute atomic E-state index is 12.3. The van der Waals surface area contributed by atoms with Crippen LogP contribution in [0.5, 0.6) is 5.75 Å². The summed E-state index contributed by atoms with van der Waals surface area (Å²) in [6, 6.07) is 9.75. The molecule has 0 aliphatic rings. The normalized spacial score (nSPS) is 10.9. The van der Waals surface area contributed by atoms with E-state index in [0.29, 0.717) is 5.69 Å². The Hall–Kier alpha value is -3.94. The van der Waals surface area contributed by atoms with Crippen LogP contribution in [-0.4, -0.2) is 51.9 Å². The lowest BCUT2D eigenvalue weighted by Gasteiger charge is -2.12. The van der Waals surface area contributed by atoms with Crippen LogP contribution in [0, 0.1) is 0 Å². The van der Waals surface area contributed by atoms with Crippen LogP contribution >= 0.6 is 0 Å². The molecule has 1 amide bonds. The fourth-order valence-electron chi connectivity index (χ4n) is 3.14. The van der Waals surface area contributed by atoms with E-state index in [2.05, 4.69) is 19.9 Å². The quantitative estimate of drug-likeness (QED) is 0.556. The first-order valence-electron chi connectivity index (χ1n) is 8.94. The van der Waals surface area contributed by atoms with Gasteiger partial charge in [0.2, 0.25) is 0 Å². The Morgan fingerprint density at radius 1 is 1.14 bits per heavy atom. The highest BCUT2D eigenvalue weighted by Crippen LogP contribution is 2.35. The average molecular weight is 388 g/mol. The van der Waals surface area contributed by atoms with Gasteiger partial charge in [0.15, 0.2) is 11.5 Å². The summed E-state index contributed by atoms with van der Waals surface area (Å²) in [5.41, 5.74) is 9.87. The second-order valence-electron chi connectivity index (χ2n) is 6.71. The lowest BCUT2D eigenvalue weighted by molar-refractivity contribution is 0.0823. The number of nitrogens with zero attached hydrogens (tertiary/aromatic N) is 4. The van der Waals surface area contributed by atoms with Gasteiger partial charge in [0, 0.05) is 48.6 Å². The Morgan fingerprint density at radius 3 is 2.69 bits per heavy atom. The number of carbonyl (C=O) groups excluding carboxylic acids is 1. The van der Waals surface area contributed by atoms with Crippen molar-refractivity contribution in [3.05, 3.63) is 54.6 Å². The zero-order valence-corrected chi connectivity index (χ0v) is 16.3. The Bertz CT molecular complexity index is 1220. The van der Waals surface area contributed by atoms with Gasteiger partial charge in [-0.1, -0.05) is 18.2 Å². The molecule has 0 unspecified atom stereocenters. The Kier molecular flexibility index (Phi) is 4.59. The predicted octanol–water partition coefficient (Wildman–Crippen LogP) is 2.98. The third kappa shape index (κ3) is 3.25. The number of para-hydroxylation sites is 1. The first kappa shape index (κ1) is 18.4. The number of carbonyl (C=O) groups is 1. The van der Waals surface area contributed by atoms with Crippen molar-refractivity contribution in [2.75, 3.05) is 26.9 Å². The molecular formula is C21H20N6O2. The highest BCUT2D eigenvalue weighted by Gasteiger charge is 2.18. The van der Waals surface area contributed by atoms with E-state index in [4.69, 9.17) is 10.5 Å². The van der Waals surface area contributed by atoms with Gasteiger partial charge in [-0.05, 0) is 12.1 Å². The number of ether oxygens (including phenoxy) is 1. The maximum atomic E-state index is 12.3. The van der Waals surface area contributed by atoms with Crippen molar-refractivity contribution in [1.29, 1.82) is 0 Å². The molecule has 3 aromatic heterocycles. The number of anilines is 1. The first-order chi connectivity index (χ1) is 14.0. The molecule has 0 atom stereocenters. The molecule has 0 radical (unpaired) electrons. The molecule has 146 valence electrons. The van der Waals surface area contributed by atoms with Crippen molar-refractivity contribution in [3.8, 4) is 28.1 Å². The molecule has 0 bridgehead atoms. The molecule has 8 heteroatoms. The fourth-order valence-corrected chi connectivity index (χ4v) is 3.14. The van der Waals surface area contributed by atoms with Crippen molar-refractivity contribution in [3.63, 3.8) is 0 Å². The molecule has 0 spiro atoms. The van der Waals surface area contributed by atoms with Crippen LogP contribution in [0.4, 0.5) is 5.82 Å². The van der Waals surface area contributed by atoms with E-state index in [1.165, 1.54) is 4.90 Å². The van der Waals surface area contributed by atoms with Crippen LogP contribution in [0.3, 0.4) is 0 Å². The summed E-state index contributed by atoms with van der Waals surface area (Å²) in [5, 5.41) is 0.908. The number of pyridine rings is 1. The van der Waals surface area contributed by atoms with E-state index in [1.807, 2.05) is 36.5 Å². The summed E-state index contributed by atoms with van der Waals surface area (Å²) in [5.74, 6) is 0.560. The number of hydrogen-bond acceptors (Lipinski definition) is 6. The molecule has 4 aromatic rings. The molecule has 0 saturated heterocycles. The minimum absolute atomic E-state index is 0.0952. The number of amides is 1. The molecule has 0 fully saturated rings. The second kappa shape index (κ2) is 7.23. The van der Waals surface area contributed by atoms with E-state index >= 15 is 0 Å². The highest BCUT2D eigenvalue weighted by atomic mass is 16.5. The molecule has 8 nitrogen and oxygen atoms in total. The minimum Gasteiger partial charge on any atom is -0.496 e. The first-order valence-corrected chi connectivity index (χ1v) is 8.94. The van der Waals surface area contributed by atoms with Crippen LogP contribution in [0.1, 0.15) is 10.5 Å². The standard InChI is InChI=1S/C21H20N6O2/c1-27(2)21(28)18-19(22)23-11-16(26-18)12-8-14-15(10-25-20(14)24-9-12)13-6-4-5-7-17(13)29-3/h4-11H,1-3H3,(H2,22,23)(H,24,25). The maximum Gasteiger partial charge on any atom is 0.275 e. The number of benzene rings is 1. The summed E-state index contributed by atoms with van der Waals surface area (Å²) in [6.07, 6.45) is 5.13. The minimum atomic E-state index is -0.303. The SMILES string of the molecule is COc1ccccc1-c1c[nH]c2ncc(-c3cnc(N)c(C(=O)N(C)C)n3)cc12. The van der Waals surface area contributed by atoms with Crippen LogP contribution in [0.25, 0.3) is 33.4 Å². The Morgan fingerprint density at radius 2 is 1.93 bits per heavy atom. The third-order valence-corrected chi connectivity index (χ3v) is 4.63. The van der Waals surface area contributed by atoms with Crippen molar-refractivity contribution in [2.24, 2.45) is 0 Å². The van der Waals surface area contributed by atoms with Crippen molar-refractivity contribution < 1.29 is 9.53 Å². The fraction of sp³-hybridized carbons (Fsp3) is 0.143. The second-order valence-corrected chi connectivity index (χ2v) is 6.71. The smallest absolute Gasteiger partial charge is 0.275 e. The van der Waals surface area contributed by atoms with Crippen molar-refractivity contribution in [2.45, 2.75) is 0 Å². The molecule has 0 aliphatic heterocycles. The molecule has 1 aromatic carbocycles. The summed E-state index contributed by atoms with van der Waals surface area (Å²) in [7, 11) is 4.93. The van der Waals surface area contributed by atoms with Crippen molar-refractivity contribution in [1.82, 2.24) is 24.8 Å². The van der Waals surface area contributed by atoms with E-state index in [9.17, 15) is 4.79 Å². The number of rotatable bonds is 4. The number of H-pyrrole nitrogens is 1. The number of fused-ring (bicyclic) bond motifs is 1. The third-order valence-electron chi connectivity index (χ3n) is 4.63. The van der Waals surface area contributed by atoms with Crippen LogP contribution in [-0.2, 0) is 0 Å². The largest absolute Gasteiger partial charge is 0.496 e. The number of nitrogen functional groups attached to an aromatic ring is 1. The number of nitrogens with one attached hydrogen (secondary N) is 1. The van der Waals surface area contributed by atoms with Crippen LogP contribution in [0.2, 0.25) is 0 Å². The average Bonchev–Trinajstić information content (AvgIpc) is 3.16. The predicted molar refractivity (Wildman–Crippen MR) is 112 cm³/mol. The van der Waals surface area contributed by atoms with E-state index in [0.717, 1.165) is 33.5 Å².